The molecule has 0 spiro atoms. The molecule has 1 aromatic heterocycles. The highest BCUT2D eigenvalue weighted by molar-refractivity contribution is 6.30. The zero-order valence-electron chi connectivity index (χ0n) is 6.34. The van der Waals surface area contributed by atoms with Gasteiger partial charge in [0.1, 0.15) is 11.0 Å². The first kappa shape index (κ1) is 8.43. The summed E-state index contributed by atoms with van der Waals surface area (Å²) in [6.07, 6.45) is 2.39. The van der Waals surface area contributed by atoms with Crippen LogP contribution in [-0.2, 0) is 6.42 Å². The summed E-state index contributed by atoms with van der Waals surface area (Å²) in [6.45, 7) is 2.42. The van der Waals surface area contributed by atoms with E-state index in [9.17, 15) is 0 Å². The maximum atomic E-state index is 5.76. The Bertz CT molecular complexity index is 249. The van der Waals surface area contributed by atoms with Gasteiger partial charge >= 0.3 is 0 Å². The van der Waals surface area contributed by atoms with Crippen LogP contribution in [0.2, 0.25) is 5.15 Å². The molecule has 0 aliphatic heterocycles. The fraction of sp³-hybridized carbons (Fsp3) is 0.429. The lowest BCUT2D eigenvalue weighted by atomic mass is 10.3. The molecule has 0 amide bonds. The number of aromatic nitrogens is 2. The van der Waals surface area contributed by atoms with Gasteiger partial charge in [-0.3, -0.25) is 0 Å². The molecule has 1 rings (SSSR count). The molecule has 0 bridgehead atoms. The summed E-state index contributed by atoms with van der Waals surface area (Å²) < 4.78 is 0. The quantitative estimate of drug-likeness (QED) is 0.674. The summed E-state index contributed by atoms with van der Waals surface area (Å²) in [6, 6.07) is 0. The van der Waals surface area contributed by atoms with Gasteiger partial charge < -0.3 is 5.73 Å². The Kier molecular flexibility index (Phi) is 2.79. The van der Waals surface area contributed by atoms with E-state index >= 15 is 0 Å². The van der Waals surface area contributed by atoms with Crippen LogP contribution in [0, 0.1) is 6.92 Å². The molecule has 0 fully saturated rings. The van der Waals surface area contributed by atoms with Gasteiger partial charge in [0, 0.05) is 18.2 Å². The maximum Gasteiger partial charge on any atom is 0.135 e. The lowest BCUT2D eigenvalue weighted by molar-refractivity contribution is 0.862. The summed E-state index contributed by atoms with van der Waals surface area (Å²) in [4.78, 5) is 8.09. The van der Waals surface area contributed by atoms with Gasteiger partial charge in [0.25, 0.3) is 0 Å². The zero-order chi connectivity index (χ0) is 8.27. The molecule has 1 aromatic rings. The normalized spacial score (nSPS) is 10.1. The van der Waals surface area contributed by atoms with Crippen LogP contribution in [-0.4, -0.2) is 16.5 Å². The average molecular weight is 172 g/mol. The minimum atomic E-state index is 0.517. The predicted molar refractivity (Wildman–Crippen MR) is 44.5 cm³/mol. The first-order chi connectivity index (χ1) is 5.24. The summed E-state index contributed by atoms with van der Waals surface area (Å²) >= 11 is 5.76. The number of hydrogen-bond donors (Lipinski definition) is 1. The standard InChI is InChI=1S/C7H10ClN3/c1-5-4-10-6(2-3-9)11-7(5)8/h4H,2-3,9H2,1H3. The van der Waals surface area contributed by atoms with Gasteiger partial charge in [-0.15, -0.1) is 0 Å². The fourth-order valence-electron chi connectivity index (χ4n) is 0.705. The molecular weight excluding hydrogens is 162 g/mol. The van der Waals surface area contributed by atoms with E-state index in [0.29, 0.717) is 23.9 Å². The third-order valence-electron chi connectivity index (χ3n) is 1.33. The molecule has 0 aromatic carbocycles. The number of nitrogens with zero attached hydrogens (tertiary/aromatic N) is 2. The Hall–Kier alpha value is -0.670. The van der Waals surface area contributed by atoms with Crippen LogP contribution in [0.4, 0.5) is 0 Å². The third kappa shape index (κ3) is 2.13. The number of aryl methyl sites for hydroxylation is 1. The molecule has 2 N–H and O–H groups in total. The van der Waals surface area contributed by atoms with Crippen LogP contribution in [0.5, 0.6) is 0 Å². The van der Waals surface area contributed by atoms with Crippen molar-refractivity contribution in [2.45, 2.75) is 13.3 Å². The molecule has 0 radical (unpaired) electrons. The van der Waals surface area contributed by atoms with Crippen LogP contribution in [0.3, 0.4) is 0 Å². The van der Waals surface area contributed by atoms with Gasteiger partial charge in [-0.2, -0.15) is 0 Å². The molecule has 0 atom stereocenters. The number of rotatable bonds is 2. The van der Waals surface area contributed by atoms with E-state index in [4.69, 9.17) is 17.3 Å². The zero-order valence-corrected chi connectivity index (χ0v) is 7.10. The molecule has 1 heterocycles. The van der Waals surface area contributed by atoms with Gasteiger partial charge in [0.05, 0.1) is 0 Å². The van der Waals surface area contributed by atoms with Crippen molar-refractivity contribution < 1.29 is 0 Å². The number of nitrogens with two attached hydrogens (primary N) is 1. The Morgan fingerprint density at radius 3 is 2.91 bits per heavy atom. The van der Waals surface area contributed by atoms with Gasteiger partial charge in [-0.25, -0.2) is 9.97 Å². The van der Waals surface area contributed by atoms with Gasteiger partial charge in [0.15, 0.2) is 0 Å². The lowest BCUT2D eigenvalue weighted by Gasteiger charge is -1.98. The van der Waals surface area contributed by atoms with E-state index in [-0.39, 0.29) is 0 Å². The van der Waals surface area contributed by atoms with Gasteiger partial charge in [-0.1, -0.05) is 11.6 Å². The van der Waals surface area contributed by atoms with Crippen LogP contribution < -0.4 is 5.73 Å². The molecule has 0 aliphatic carbocycles. The second-order valence-corrected chi connectivity index (χ2v) is 2.66. The molecule has 0 unspecified atom stereocenters. The van der Waals surface area contributed by atoms with Crippen molar-refractivity contribution in [2.24, 2.45) is 5.73 Å². The Labute approximate surface area is 70.6 Å². The highest BCUT2D eigenvalue weighted by atomic mass is 35.5. The van der Waals surface area contributed by atoms with Crippen molar-refractivity contribution in [3.05, 3.63) is 22.7 Å². The molecule has 0 aliphatic rings. The van der Waals surface area contributed by atoms with Crippen molar-refractivity contribution >= 4 is 11.6 Å². The molecular formula is C7H10ClN3. The third-order valence-corrected chi connectivity index (χ3v) is 1.71. The van der Waals surface area contributed by atoms with Crippen molar-refractivity contribution in [1.82, 2.24) is 9.97 Å². The average Bonchev–Trinajstić information content (AvgIpc) is 1.98. The minimum Gasteiger partial charge on any atom is -0.330 e. The van der Waals surface area contributed by atoms with Crippen LogP contribution in [0.15, 0.2) is 6.20 Å². The molecule has 4 heteroatoms. The minimum absolute atomic E-state index is 0.517. The van der Waals surface area contributed by atoms with Crippen LogP contribution in [0.25, 0.3) is 0 Å². The van der Waals surface area contributed by atoms with Crippen molar-refractivity contribution in [3.8, 4) is 0 Å². The predicted octanol–water partition coefficient (Wildman–Crippen LogP) is 0.940. The molecule has 0 saturated heterocycles. The summed E-state index contributed by atoms with van der Waals surface area (Å²) in [7, 11) is 0. The summed E-state index contributed by atoms with van der Waals surface area (Å²) in [5.74, 6) is 0.711. The lowest BCUT2D eigenvalue weighted by Crippen LogP contribution is -2.06. The second-order valence-electron chi connectivity index (χ2n) is 2.30. The monoisotopic (exact) mass is 171 g/mol. The Balaban J connectivity index is 2.86. The summed E-state index contributed by atoms with van der Waals surface area (Å²) in [5.41, 5.74) is 6.22. The van der Waals surface area contributed by atoms with Gasteiger partial charge in [-0.05, 0) is 13.5 Å². The van der Waals surface area contributed by atoms with Crippen molar-refractivity contribution in [1.29, 1.82) is 0 Å². The van der Waals surface area contributed by atoms with E-state index < -0.39 is 0 Å². The Morgan fingerprint density at radius 1 is 1.64 bits per heavy atom. The largest absolute Gasteiger partial charge is 0.330 e. The molecule has 3 nitrogen and oxygen atoms in total. The first-order valence-electron chi connectivity index (χ1n) is 3.42. The van der Waals surface area contributed by atoms with E-state index in [1.165, 1.54) is 0 Å². The SMILES string of the molecule is Cc1cnc(CCN)nc1Cl. The highest BCUT2D eigenvalue weighted by Gasteiger charge is 1.99. The molecule has 11 heavy (non-hydrogen) atoms. The smallest absolute Gasteiger partial charge is 0.135 e. The maximum absolute atomic E-state index is 5.76. The van der Waals surface area contributed by atoms with Crippen LogP contribution in [0.1, 0.15) is 11.4 Å². The van der Waals surface area contributed by atoms with E-state index in [2.05, 4.69) is 9.97 Å². The number of halogens is 1. The Morgan fingerprint density at radius 2 is 2.36 bits per heavy atom. The van der Waals surface area contributed by atoms with Crippen molar-refractivity contribution in [2.75, 3.05) is 6.54 Å². The second kappa shape index (κ2) is 3.64. The van der Waals surface area contributed by atoms with E-state index in [0.717, 1.165) is 5.56 Å². The van der Waals surface area contributed by atoms with E-state index in [1.54, 1.807) is 6.20 Å². The van der Waals surface area contributed by atoms with Crippen LogP contribution >= 0.6 is 11.6 Å². The topological polar surface area (TPSA) is 51.8 Å². The highest BCUT2D eigenvalue weighted by Crippen LogP contribution is 2.09. The first-order valence-corrected chi connectivity index (χ1v) is 3.80. The van der Waals surface area contributed by atoms with Crippen molar-refractivity contribution in [3.63, 3.8) is 0 Å². The fourth-order valence-corrected chi connectivity index (χ4v) is 0.851. The number of hydrogen-bond acceptors (Lipinski definition) is 3. The summed E-state index contributed by atoms with van der Waals surface area (Å²) in [5, 5.41) is 0.517. The van der Waals surface area contributed by atoms with E-state index in [1.807, 2.05) is 6.92 Å². The molecule has 60 valence electrons. The van der Waals surface area contributed by atoms with Gasteiger partial charge in [0.2, 0.25) is 0 Å². The molecule has 0 saturated carbocycles.